The fourth-order valence-corrected chi connectivity index (χ4v) is 3.22. The molecule has 0 radical (unpaired) electrons. The predicted molar refractivity (Wildman–Crippen MR) is 74.6 cm³/mol. The number of hydrogen-bond donors (Lipinski definition) is 0. The third kappa shape index (κ3) is 4.54. The van der Waals surface area contributed by atoms with Crippen LogP contribution in [0.5, 0.6) is 0 Å². The maximum atomic E-state index is 13.7. The van der Waals surface area contributed by atoms with Crippen LogP contribution in [0.15, 0.2) is 22.7 Å². The zero-order chi connectivity index (χ0) is 12.3. The fourth-order valence-electron chi connectivity index (χ4n) is 2.01. The highest BCUT2D eigenvalue weighted by Crippen LogP contribution is 2.31. The molecule has 0 aliphatic heterocycles. The van der Waals surface area contributed by atoms with Gasteiger partial charge in [-0.3, -0.25) is 0 Å². The van der Waals surface area contributed by atoms with Crippen molar-refractivity contribution in [2.75, 3.05) is 0 Å². The molecule has 1 rings (SSSR count). The SMILES string of the molecule is CC(Br)CC(C)(C)Cc1ccc(Br)cc1F. The van der Waals surface area contributed by atoms with Gasteiger partial charge < -0.3 is 0 Å². The van der Waals surface area contributed by atoms with E-state index in [0.29, 0.717) is 4.83 Å². The molecule has 90 valence electrons. The van der Waals surface area contributed by atoms with Gasteiger partial charge in [0.25, 0.3) is 0 Å². The zero-order valence-electron chi connectivity index (χ0n) is 9.86. The van der Waals surface area contributed by atoms with Crippen LogP contribution >= 0.6 is 31.9 Å². The van der Waals surface area contributed by atoms with Gasteiger partial charge in [-0.2, -0.15) is 0 Å². The first-order valence-corrected chi connectivity index (χ1v) is 7.09. The van der Waals surface area contributed by atoms with Crippen LogP contribution in [-0.2, 0) is 6.42 Å². The lowest BCUT2D eigenvalue weighted by atomic mass is 9.82. The van der Waals surface area contributed by atoms with E-state index in [0.717, 1.165) is 22.9 Å². The van der Waals surface area contributed by atoms with E-state index in [9.17, 15) is 4.39 Å². The summed E-state index contributed by atoms with van der Waals surface area (Å²) in [5, 5.41) is 0. The van der Waals surface area contributed by atoms with Crippen LogP contribution < -0.4 is 0 Å². The summed E-state index contributed by atoms with van der Waals surface area (Å²) in [6.07, 6.45) is 1.80. The van der Waals surface area contributed by atoms with Gasteiger partial charge in [0.1, 0.15) is 5.82 Å². The van der Waals surface area contributed by atoms with Gasteiger partial charge >= 0.3 is 0 Å². The molecule has 0 bridgehead atoms. The molecule has 16 heavy (non-hydrogen) atoms. The summed E-state index contributed by atoms with van der Waals surface area (Å²) in [7, 11) is 0. The highest BCUT2D eigenvalue weighted by atomic mass is 79.9. The molecular weight excluding hydrogens is 335 g/mol. The molecule has 0 fully saturated rings. The zero-order valence-corrected chi connectivity index (χ0v) is 13.0. The standard InChI is InChI=1S/C13H17Br2F/c1-9(14)7-13(2,3)8-10-4-5-11(15)6-12(10)16/h4-6,9H,7-8H2,1-3H3. The van der Waals surface area contributed by atoms with E-state index in [2.05, 4.69) is 52.6 Å². The number of benzene rings is 1. The van der Waals surface area contributed by atoms with Gasteiger partial charge in [-0.1, -0.05) is 58.7 Å². The Labute approximate surface area is 114 Å². The van der Waals surface area contributed by atoms with Crippen LogP contribution in [0, 0.1) is 11.2 Å². The van der Waals surface area contributed by atoms with Gasteiger partial charge in [-0.15, -0.1) is 0 Å². The molecule has 0 saturated heterocycles. The molecule has 0 aliphatic rings. The van der Waals surface area contributed by atoms with Gasteiger partial charge in [0.05, 0.1) is 0 Å². The van der Waals surface area contributed by atoms with Gasteiger partial charge in [0.2, 0.25) is 0 Å². The van der Waals surface area contributed by atoms with E-state index in [-0.39, 0.29) is 11.2 Å². The van der Waals surface area contributed by atoms with Gasteiger partial charge in [0.15, 0.2) is 0 Å². The molecule has 1 aromatic rings. The van der Waals surface area contributed by atoms with Crippen molar-refractivity contribution >= 4 is 31.9 Å². The number of rotatable bonds is 4. The van der Waals surface area contributed by atoms with E-state index in [4.69, 9.17) is 0 Å². The number of alkyl halides is 1. The van der Waals surface area contributed by atoms with E-state index < -0.39 is 0 Å². The van der Waals surface area contributed by atoms with Crippen LogP contribution in [0.2, 0.25) is 0 Å². The molecule has 0 aliphatic carbocycles. The molecule has 0 amide bonds. The van der Waals surface area contributed by atoms with E-state index in [1.54, 1.807) is 0 Å². The van der Waals surface area contributed by atoms with Crippen LogP contribution in [0.1, 0.15) is 32.8 Å². The molecule has 1 atom stereocenters. The average molecular weight is 352 g/mol. The third-order valence-electron chi connectivity index (χ3n) is 2.52. The summed E-state index contributed by atoms with van der Waals surface area (Å²) in [6.45, 7) is 6.47. The molecule has 0 saturated carbocycles. The molecule has 0 N–H and O–H groups in total. The Hall–Kier alpha value is 0.110. The maximum Gasteiger partial charge on any atom is 0.127 e. The summed E-state index contributed by atoms with van der Waals surface area (Å²) in [6, 6.07) is 5.29. The monoisotopic (exact) mass is 350 g/mol. The predicted octanol–water partition coefficient (Wildman–Crippen LogP) is 5.33. The minimum atomic E-state index is -0.121. The van der Waals surface area contributed by atoms with E-state index >= 15 is 0 Å². The van der Waals surface area contributed by atoms with Gasteiger partial charge in [0, 0.05) is 9.30 Å². The van der Waals surface area contributed by atoms with E-state index in [1.807, 2.05) is 12.1 Å². The van der Waals surface area contributed by atoms with Crippen LogP contribution in [0.25, 0.3) is 0 Å². The molecule has 1 aromatic carbocycles. The summed E-state index contributed by atoms with van der Waals surface area (Å²) >= 11 is 6.82. The first kappa shape index (κ1) is 14.2. The quantitative estimate of drug-likeness (QED) is 0.643. The number of hydrogen-bond acceptors (Lipinski definition) is 0. The Morgan fingerprint density at radius 1 is 1.38 bits per heavy atom. The Morgan fingerprint density at radius 2 is 2.00 bits per heavy atom. The Kier molecular flexibility index (Phi) is 4.99. The number of halogens is 3. The highest BCUT2D eigenvalue weighted by molar-refractivity contribution is 9.10. The average Bonchev–Trinajstić information content (AvgIpc) is 2.07. The Morgan fingerprint density at radius 3 is 2.50 bits per heavy atom. The van der Waals surface area contributed by atoms with Crippen molar-refractivity contribution in [2.45, 2.75) is 38.4 Å². The maximum absolute atomic E-state index is 13.7. The second-order valence-corrected chi connectivity index (χ2v) is 7.54. The minimum Gasteiger partial charge on any atom is -0.207 e. The topological polar surface area (TPSA) is 0 Å². The van der Waals surface area contributed by atoms with Crippen molar-refractivity contribution in [2.24, 2.45) is 5.41 Å². The van der Waals surface area contributed by atoms with Gasteiger partial charge in [-0.05, 0) is 36.0 Å². The second-order valence-electron chi connectivity index (χ2n) is 5.06. The first-order valence-electron chi connectivity index (χ1n) is 5.38. The Bertz CT molecular complexity index is 359. The molecule has 1 unspecified atom stereocenters. The smallest absolute Gasteiger partial charge is 0.127 e. The second kappa shape index (κ2) is 5.63. The molecule has 0 aromatic heterocycles. The molecule has 0 spiro atoms. The van der Waals surface area contributed by atoms with Crippen molar-refractivity contribution in [3.8, 4) is 0 Å². The van der Waals surface area contributed by atoms with Gasteiger partial charge in [-0.25, -0.2) is 4.39 Å². The summed E-state index contributed by atoms with van der Waals surface area (Å²) in [5.41, 5.74) is 0.902. The largest absolute Gasteiger partial charge is 0.207 e. The molecule has 3 heteroatoms. The third-order valence-corrected chi connectivity index (χ3v) is 3.33. The summed E-state index contributed by atoms with van der Waals surface area (Å²) in [4.78, 5) is 0.459. The Balaban J connectivity index is 2.79. The van der Waals surface area contributed by atoms with Crippen LogP contribution in [-0.4, -0.2) is 4.83 Å². The van der Waals surface area contributed by atoms with Crippen LogP contribution in [0.3, 0.4) is 0 Å². The fraction of sp³-hybridized carbons (Fsp3) is 0.538. The molecule has 0 nitrogen and oxygen atoms in total. The highest BCUT2D eigenvalue weighted by Gasteiger charge is 2.22. The first-order chi connectivity index (χ1) is 7.30. The lowest BCUT2D eigenvalue weighted by Gasteiger charge is -2.26. The minimum absolute atomic E-state index is 0.109. The van der Waals surface area contributed by atoms with Crippen molar-refractivity contribution in [3.05, 3.63) is 34.1 Å². The molecular formula is C13H17Br2F. The lowest BCUT2D eigenvalue weighted by Crippen LogP contribution is -2.19. The van der Waals surface area contributed by atoms with Crippen molar-refractivity contribution in [1.82, 2.24) is 0 Å². The normalized spacial score (nSPS) is 13.9. The van der Waals surface area contributed by atoms with Crippen molar-refractivity contribution in [3.63, 3.8) is 0 Å². The van der Waals surface area contributed by atoms with E-state index in [1.165, 1.54) is 6.07 Å². The van der Waals surface area contributed by atoms with Crippen molar-refractivity contribution in [1.29, 1.82) is 0 Å². The summed E-state index contributed by atoms with van der Waals surface area (Å²) < 4.78 is 14.5. The molecule has 0 heterocycles. The lowest BCUT2D eigenvalue weighted by molar-refractivity contribution is 0.330. The summed E-state index contributed by atoms with van der Waals surface area (Å²) in [5.74, 6) is -0.121. The van der Waals surface area contributed by atoms with Crippen LogP contribution in [0.4, 0.5) is 4.39 Å². The van der Waals surface area contributed by atoms with Crippen molar-refractivity contribution < 1.29 is 4.39 Å².